The number of ether oxygens (including phenoxy) is 1. The third-order valence-corrected chi connectivity index (χ3v) is 4.74. The van der Waals surface area contributed by atoms with Gasteiger partial charge in [-0.15, -0.1) is 0 Å². The monoisotopic (exact) mass is 385 g/mol. The van der Waals surface area contributed by atoms with Gasteiger partial charge in [-0.1, -0.05) is 40.9 Å². The van der Waals surface area contributed by atoms with Gasteiger partial charge < -0.3 is 10.1 Å². The minimum Gasteiger partial charge on any atom is -0.481 e. The lowest BCUT2D eigenvalue weighted by Gasteiger charge is -2.18. The van der Waals surface area contributed by atoms with Crippen molar-refractivity contribution in [2.45, 2.75) is 33.8 Å². The number of nitrogens with one attached hydrogen (secondary N) is 1. The van der Waals surface area contributed by atoms with Crippen LogP contribution in [0.5, 0.6) is 5.75 Å². The van der Waals surface area contributed by atoms with Crippen LogP contribution in [0.2, 0.25) is 15.1 Å². The number of hydrogen-bond acceptors (Lipinski definition) is 2. The third-order valence-electron chi connectivity index (χ3n) is 3.70. The van der Waals surface area contributed by atoms with E-state index < -0.39 is 6.10 Å². The molecular weight excluding hydrogens is 369 g/mol. The Morgan fingerprint density at radius 3 is 2.29 bits per heavy atom. The van der Waals surface area contributed by atoms with Crippen LogP contribution in [0.4, 0.5) is 5.69 Å². The molecule has 0 aliphatic carbocycles. The highest BCUT2D eigenvalue weighted by Crippen LogP contribution is 2.32. The summed E-state index contributed by atoms with van der Waals surface area (Å²) in [6.07, 6.45) is -0.699. The van der Waals surface area contributed by atoms with E-state index in [0.717, 1.165) is 16.7 Å². The molecule has 1 amide bonds. The van der Waals surface area contributed by atoms with Crippen LogP contribution in [-0.2, 0) is 4.79 Å². The van der Waals surface area contributed by atoms with E-state index in [9.17, 15) is 4.79 Å². The topological polar surface area (TPSA) is 38.3 Å². The van der Waals surface area contributed by atoms with E-state index in [1.165, 1.54) is 12.1 Å². The van der Waals surface area contributed by atoms with Gasteiger partial charge in [0, 0.05) is 0 Å². The summed E-state index contributed by atoms with van der Waals surface area (Å²) in [5, 5.41) is 3.66. The summed E-state index contributed by atoms with van der Waals surface area (Å²) in [5.74, 6) is 0.365. The summed E-state index contributed by atoms with van der Waals surface area (Å²) in [6, 6.07) is 6.99. The fourth-order valence-electron chi connectivity index (χ4n) is 2.22. The van der Waals surface area contributed by atoms with E-state index in [4.69, 9.17) is 39.5 Å². The molecular formula is C18H18Cl3NO2. The number of aryl methyl sites for hydroxylation is 2. The summed E-state index contributed by atoms with van der Waals surface area (Å²) in [6.45, 7) is 7.64. The minimum atomic E-state index is -0.699. The van der Waals surface area contributed by atoms with Crippen molar-refractivity contribution in [2.24, 2.45) is 0 Å². The average molecular weight is 387 g/mol. The van der Waals surface area contributed by atoms with Crippen LogP contribution < -0.4 is 10.1 Å². The van der Waals surface area contributed by atoms with Crippen molar-refractivity contribution in [1.82, 2.24) is 0 Å². The predicted molar refractivity (Wildman–Crippen MR) is 101 cm³/mol. The molecule has 0 bridgehead atoms. The van der Waals surface area contributed by atoms with Crippen LogP contribution in [0.1, 0.15) is 23.6 Å². The molecule has 2 aromatic carbocycles. The lowest BCUT2D eigenvalue weighted by molar-refractivity contribution is -0.122. The van der Waals surface area contributed by atoms with Gasteiger partial charge in [-0.3, -0.25) is 4.79 Å². The van der Waals surface area contributed by atoms with Crippen molar-refractivity contribution in [3.05, 3.63) is 56.0 Å². The fraction of sp³-hybridized carbons (Fsp3) is 0.278. The van der Waals surface area contributed by atoms with Crippen molar-refractivity contribution < 1.29 is 9.53 Å². The quantitative estimate of drug-likeness (QED) is 0.657. The van der Waals surface area contributed by atoms with Crippen molar-refractivity contribution >= 4 is 46.4 Å². The molecule has 1 N–H and O–H groups in total. The second kappa shape index (κ2) is 7.64. The zero-order valence-electron chi connectivity index (χ0n) is 13.8. The number of rotatable bonds is 4. The molecule has 0 radical (unpaired) electrons. The maximum atomic E-state index is 12.4. The molecule has 0 heterocycles. The average Bonchev–Trinajstić information content (AvgIpc) is 2.49. The van der Waals surface area contributed by atoms with Gasteiger partial charge in [-0.25, -0.2) is 0 Å². The Hall–Kier alpha value is -1.42. The van der Waals surface area contributed by atoms with E-state index in [0.29, 0.717) is 26.5 Å². The van der Waals surface area contributed by atoms with Gasteiger partial charge >= 0.3 is 0 Å². The molecule has 2 aromatic rings. The predicted octanol–water partition coefficient (Wildman–Crippen LogP) is 5.98. The summed E-state index contributed by atoms with van der Waals surface area (Å²) < 4.78 is 5.82. The molecule has 0 fully saturated rings. The first-order valence-electron chi connectivity index (χ1n) is 7.39. The molecule has 0 aliphatic rings. The van der Waals surface area contributed by atoms with Gasteiger partial charge in [0.1, 0.15) is 5.75 Å². The van der Waals surface area contributed by atoms with E-state index in [1.807, 2.05) is 26.8 Å². The van der Waals surface area contributed by atoms with Crippen LogP contribution >= 0.6 is 34.8 Å². The molecule has 0 aliphatic heterocycles. The second-order valence-corrected chi connectivity index (χ2v) is 6.92. The molecule has 2 rings (SSSR count). The van der Waals surface area contributed by atoms with Gasteiger partial charge in [0.2, 0.25) is 0 Å². The number of halogens is 3. The highest BCUT2D eigenvalue weighted by molar-refractivity contribution is 6.44. The van der Waals surface area contributed by atoms with Gasteiger partial charge in [0.05, 0.1) is 20.8 Å². The van der Waals surface area contributed by atoms with Crippen molar-refractivity contribution in [2.75, 3.05) is 5.32 Å². The number of carbonyl (C=O) groups is 1. The fourth-order valence-corrected chi connectivity index (χ4v) is 2.81. The Morgan fingerprint density at radius 1 is 1.00 bits per heavy atom. The van der Waals surface area contributed by atoms with Crippen LogP contribution in [-0.4, -0.2) is 12.0 Å². The van der Waals surface area contributed by atoms with Crippen molar-refractivity contribution in [3.63, 3.8) is 0 Å². The Balaban J connectivity index is 2.15. The molecule has 0 aromatic heterocycles. The van der Waals surface area contributed by atoms with Gasteiger partial charge in [-0.05, 0) is 62.6 Å². The molecule has 6 heteroatoms. The minimum absolute atomic E-state index is 0.313. The van der Waals surface area contributed by atoms with E-state index in [2.05, 4.69) is 11.4 Å². The van der Waals surface area contributed by atoms with Crippen molar-refractivity contribution in [1.29, 1.82) is 0 Å². The van der Waals surface area contributed by atoms with Crippen LogP contribution in [0.15, 0.2) is 24.3 Å². The highest BCUT2D eigenvalue weighted by atomic mass is 35.5. The second-order valence-electron chi connectivity index (χ2n) is 5.70. The Morgan fingerprint density at radius 2 is 1.62 bits per heavy atom. The zero-order valence-corrected chi connectivity index (χ0v) is 16.1. The normalized spacial score (nSPS) is 12.0. The summed E-state index contributed by atoms with van der Waals surface area (Å²) in [4.78, 5) is 12.4. The summed E-state index contributed by atoms with van der Waals surface area (Å²) in [7, 11) is 0. The zero-order chi connectivity index (χ0) is 18.0. The molecule has 1 unspecified atom stereocenters. The smallest absolute Gasteiger partial charge is 0.265 e. The molecule has 0 saturated heterocycles. The molecule has 0 saturated carbocycles. The first-order chi connectivity index (χ1) is 11.2. The molecule has 24 heavy (non-hydrogen) atoms. The summed E-state index contributed by atoms with van der Waals surface area (Å²) in [5.41, 5.74) is 3.59. The number of hydrogen-bond donors (Lipinski definition) is 1. The Labute approximate surface area is 156 Å². The SMILES string of the molecule is Cc1cc(C)c(C)c(OC(C)C(=O)Nc2cc(Cl)c(Cl)cc2Cl)c1. The molecule has 3 nitrogen and oxygen atoms in total. The van der Waals surface area contributed by atoms with E-state index in [1.54, 1.807) is 6.92 Å². The number of amides is 1. The van der Waals surface area contributed by atoms with Crippen LogP contribution in [0.3, 0.4) is 0 Å². The van der Waals surface area contributed by atoms with Crippen LogP contribution in [0, 0.1) is 20.8 Å². The maximum Gasteiger partial charge on any atom is 0.265 e. The largest absolute Gasteiger partial charge is 0.481 e. The highest BCUT2D eigenvalue weighted by Gasteiger charge is 2.18. The number of carbonyl (C=O) groups excluding carboxylic acids is 1. The van der Waals surface area contributed by atoms with Gasteiger partial charge in [0.15, 0.2) is 6.10 Å². The lowest BCUT2D eigenvalue weighted by atomic mass is 10.1. The Bertz CT molecular complexity index is 790. The van der Waals surface area contributed by atoms with Gasteiger partial charge in [-0.2, -0.15) is 0 Å². The lowest BCUT2D eigenvalue weighted by Crippen LogP contribution is -2.30. The number of benzene rings is 2. The van der Waals surface area contributed by atoms with E-state index >= 15 is 0 Å². The first kappa shape index (κ1) is 18.9. The maximum absolute atomic E-state index is 12.4. The van der Waals surface area contributed by atoms with Gasteiger partial charge in [0.25, 0.3) is 5.91 Å². The summed E-state index contributed by atoms with van der Waals surface area (Å²) >= 11 is 17.9. The van der Waals surface area contributed by atoms with Crippen LogP contribution in [0.25, 0.3) is 0 Å². The Kier molecular flexibility index (Phi) is 6.02. The first-order valence-corrected chi connectivity index (χ1v) is 8.52. The standard InChI is InChI=1S/C18H18Cl3NO2/c1-9-5-10(2)11(3)17(6-9)24-12(4)18(23)22-16-8-14(20)13(19)7-15(16)21/h5-8,12H,1-4H3,(H,22,23). The van der Waals surface area contributed by atoms with Crippen molar-refractivity contribution in [3.8, 4) is 5.75 Å². The molecule has 0 spiro atoms. The third kappa shape index (κ3) is 4.35. The number of anilines is 1. The van der Waals surface area contributed by atoms with E-state index in [-0.39, 0.29) is 5.91 Å². The molecule has 1 atom stereocenters. The molecule has 128 valence electrons.